The second-order valence-electron chi connectivity index (χ2n) is 0.733. The highest BCUT2D eigenvalue weighted by molar-refractivity contribution is 8.29. The smallest absolute Gasteiger partial charge is 0.138 e. The number of rotatable bonds is 0. The van der Waals surface area contributed by atoms with Crippen LogP contribution in [0.3, 0.4) is 0 Å². The Morgan fingerprint density at radius 3 is 1.38 bits per heavy atom. The minimum Gasteiger partial charge on any atom is -0.306 e. The van der Waals surface area contributed by atoms with Crippen LogP contribution in [0.25, 0.3) is 0 Å². The molecule has 0 bridgehead atoms. The molecule has 0 fully saturated rings. The molecule has 0 saturated carbocycles. The molecule has 0 aliphatic carbocycles. The van der Waals surface area contributed by atoms with E-state index in [2.05, 4.69) is 11.2 Å². The zero-order chi connectivity index (χ0) is 4.50. The molecule has 0 saturated heterocycles. The van der Waals surface area contributed by atoms with Gasteiger partial charge in [-0.1, -0.05) is 0 Å². The van der Waals surface area contributed by atoms with E-state index < -0.39 is 8.77 Å². The van der Waals surface area contributed by atoms with Crippen LogP contribution in [0.5, 0.6) is 0 Å². The van der Waals surface area contributed by atoms with Crippen LogP contribution in [0, 0.1) is 0 Å². The molecule has 0 aromatic carbocycles. The van der Waals surface area contributed by atoms with E-state index in [1.54, 1.807) is 0 Å². The normalized spacial score (nSPS) is 13.2. The molecule has 0 aliphatic heterocycles. The molecule has 56 valence electrons. The monoisotopic (exact) mass is 220 g/mol. The van der Waals surface area contributed by atoms with Gasteiger partial charge in [-0.25, -0.2) is 4.21 Å². The third-order valence-electron chi connectivity index (χ3n) is 0. The quantitative estimate of drug-likeness (QED) is 0.666. The Bertz CT molecular complexity index is 98.5. The summed E-state index contributed by atoms with van der Waals surface area (Å²) in [6, 6.07) is 0. The molecule has 8 heavy (non-hydrogen) atoms. The summed E-state index contributed by atoms with van der Waals surface area (Å²) in [7, 11) is -2.83. The Hall–Kier alpha value is 1.20. The van der Waals surface area contributed by atoms with Crippen molar-refractivity contribution in [2.24, 2.45) is 0 Å². The Balaban J connectivity index is -0.0000000267. The Morgan fingerprint density at radius 2 is 1.38 bits per heavy atom. The largest absolute Gasteiger partial charge is 0.306 e. The molecule has 0 radical (unpaired) electrons. The fourth-order valence-electron chi connectivity index (χ4n) is 0. The molecule has 1 unspecified atom stereocenters. The first-order chi connectivity index (χ1) is 2.00. The van der Waals surface area contributed by atoms with Crippen LogP contribution in [0.2, 0.25) is 0 Å². The second-order valence-corrected chi connectivity index (χ2v) is 4.05. The van der Waals surface area contributed by atoms with Crippen molar-refractivity contribution in [3.8, 4) is 0 Å². The van der Waals surface area contributed by atoms with E-state index in [4.69, 9.17) is 4.55 Å². The van der Waals surface area contributed by atoms with E-state index in [0.717, 1.165) is 6.26 Å². The molecule has 1 N–H and O–H groups in total. The van der Waals surface area contributed by atoms with Crippen LogP contribution in [0.15, 0.2) is 0 Å². The average molecular weight is 222 g/mol. The van der Waals surface area contributed by atoms with E-state index in [0.29, 0.717) is 0 Å². The van der Waals surface area contributed by atoms with Gasteiger partial charge in [0.2, 0.25) is 0 Å². The SMILES string of the molecule is CS(=O)(O)=S.Cl.Cl.Cl. The van der Waals surface area contributed by atoms with Gasteiger partial charge in [-0.05, 0) is 0 Å². The average Bonchev–Trinajstić information content (AvgIpc) is 0.722. The molecular formula is CH7Cl3O2S2. The van der Waals surface area contributed by atoms with Crippen molar-refractivity contribution in [1.29, 1.82) is 0 Å². The lowest BCUT2D eigenvalue weighted by Crippen LogP contribution is -1.85. The van der Waals surface area contributed by atoms with Gasteiger partial charge in [0, 0.05) is 17.4 Å². The molecule has 2 nitrogen and oxygen atoms in total. The lowest BCUT2D eigenvalue weighted by molar-refractivity contribution is 0.568. The molecule has 0 aromatic rings. The maximum absolute atomic E-state index is 9.56. The molecule has 1 atom stereocenters. The zero-order valence-corrected chi connectivity index (χ0v) is 7.98. The van der Waals surface area contributed by atoms with Crippen LogP contribution in [0.1, 0.15) is 0 Å². The van der Waals surface area contributed by atoms with E-state index in [-0.39, 0.29) is 37.2 Å². The van der Waals surface area contributed by atoms with Crippen LogP contribution < -0.4 is 0 Å². The van der Waals surface area contributed by atoms with E-state index in [9.17, 15) is 4.21 Å². The van der Waals surface area contributed by atoms with Crippen LogP contribution in [0.4, 0.5) is 0 Å². The van der Waals surface area contributed by atoms with Gasteiger partial charge >= 0.3 is 0 Å². The predicted octanol–water partition coefficient (Wildman–Crippen LogP) is 1.10. The number of hydrogen-bond acceptors (Lipinski definition) is 2. The van der Waals surface area contributed by atoms with Crippen molar-refractivity contribution in [3.05, 3.63) is 0 Å². The number of halogens is 3. The summed E-state index contributed by atoms with van der Waals surface area (Å²) in [6.45, 7) is 0. The zero-order valence-electron chi connectivity index (χ0n) is 3.90. The third kappa shape index (κ3) is 192. The van der Waals surface area contributed by atoms with Gasteiger partial charge in [-0.15, -0.1) is 37.2 Å². The van der Waals surface area contributed by atoms with Gasteiger partial charge in [0.1, 0.15) is 8.77 Å². The van der Waals surface area contributed by atoms with Crippen LogP contribution in [-0.4, -0.2) is 15.0 Å². The molecule has 0 spiro atoms. The van der Waals surface area contributed by atoms with Crippen molar-refractivity contribution < 1.29 is 8.76 Å². The maximum Gasteiger partial charge on any atom is 0.138 e. The summed E-state index contributed by atoms with van der Waals surface area (Å²) in [5.41, 5.74) is 0. The highest BCUT2D eigenvalue weighted by Gasteiger charge is 1.75. The van der Waals surface area contributed by atoms with Gasteiger partial charge in [0.15, 0.2) is 0 Å². The van der Waals surface area contributed by atoms with E-state index in [1.165, 1.54) is 0 Å². The summed E-state index contributed by atoms with van der Waals surface area (Å²) in [6.07, 6.45) is 1.09. The lowest BCUT2D eigenvalue weighted by Gasteiger charge is -1.74. The summed E-state index contributed by atoms with van der Waals surface area (Å²) in [5.74, 6) is 0. The topological polar surface area (TPSA) is 37.3 Å². The van der Waals surface area contributed by atoms with Crippen molar-refractivity contribution in [2.75, 3.05) is 6.26 Å². The van der Waals surface area contributed by atoms with Crippen molar-refractivity contribution >= 4 is 57.2 Å². The molecule has 0 aliphatic rings. The van der Waals surface area contributed by atoms with Crippen molar-refractivity contribution in [1.82, 2.24) is 0 Å². The Morgan fingerprint density at radius 1 is 1.38 bits per heavy atom. The summed E-state index contributed by atoms with van der Waals surface area (Å²) in [5, 5.41) is 0. The minimum absolute atomic E-state index is 0. The molecular weight excluding hydrogens is 215 g/mol. The lowest BCUT2D eigenvalue weighted by atomic mass is 12.0. The summed E-state index contributed by atoms with van der Waals surface area (Å²) < 4.78 is 17.4. The van der Waals surface area contributed by atoms with Crippen LogP contribution in [-0.2, 0) is 20.0 Å². The fraction of sp³-hybridized carbons (Fsp3) is 1.00. The standard InChI is InChI=1S/CH4O2S2.3ClH/c1-5(2,3)4;;;/h1H3,(H,2,3,4);3*1H. The van der Waals surface area contributed by atoms with Crippen LogP contribution >= 0.6 is 37.2 Å². The first-order valence-electron chi connectivity index (χ1n) is 0.924. The minimum atomic E-state index is -2.83. The van der Waals surface area contributed by atoms with Gasteiger partial charge in [0.25, 0.3) is 0 Å². The predicted molar refractivity (Wildman–Crippen MR) is 45.8 cm³/mol. The van der Waals surface area contributed by atoms with Gasteiger partial charge in [-0.3, -0.25) is 0 Å². The van der Waals surface area contributed by atoms with E-state index >= 15 is 0 Å². The van der Waals surface area contributed by atoms with Gasteiger partial charge < -0.3 is 4.55 Å². The molecule has 0 heterocycles. The summed E-state index contributed by atoms with van der Waals surface area (Å²) >= 11 is 3.91. The van der Waals surface area contributed by atoms with Gasteiger partial charge in [0.05, 0.1) is 0 Å². The van der Waals surface area contributed by atoms with E-state index in [1.807, 2.05) is 0 Å². The highest BCUT2D eigenvalue weighted by atomic mass is 35.5. The first-order valence-corrected chi connectivity index (χ1v) is 3.77. The van der Waals surface area contributed by atoms with Crippen molar-refractivity contribution in [2.45, 2.75) is 0 Å². The maximum atomic E-state index is 9.56. The Labute approximate surface area is 72.2 Å². The second kappa shape index (κ2) is 8.20. The fourth-order valence-corrected chi connectivity index (χ4v) is 0. The molecule has 7 heteroatoms. The van der Waals surface area contributed by atoms with Crippen molar-refractivity contribution in [3.63, 3.8) is 0 Å². The Kier molecular flexibility index (Phi) is 23.4. The summed E-state index contributed by atoms with van der Waals surface area (Å²) in [4.78, 5) is 0. The third-order valence-corrected chi connectivity index (χ3v) is 0. The first kappa shape index (κ1) is 22.9. The molecule has 0 rings (SSSR count). The molecule has 0 aromatic heterocycles. The van der Waals surface area contributed by atoms with Gasteiger partial charge in [-0.2, -0.15) is 0 Å². The molecule has 0 amide bonds. The highest BCUT2D eigenvalue weighted by Crippen LogP contribution is 1.63. The number of hydrogen-bond donors (Lipinski definition) is 1.